The topological polar surface area (TPSA) is 21.3 Å². The van der Waals surface area contributed by atoms with E-state index in [9.17, 15) is 0 Å². The summed E-state index contributed by atoms with van der Waals surface area (Å²) in [5.74, 6) is 0. The van der Waals surface area contributed by atoms with Crippen LogP contribution in [0.2, 0.25) is 0 Å². The molecule has 1 fully saturated rings. The van der Waals surface area contributed by atoms with Gasteiger partial charge in [-0.3, -0.25) is 0 Å². The zero-order chi connectivity index (χ0) is 12.6. The highest BCUT2D eigenvalue weighted by atomic mass is 16.5. The van der Waals surface area contributed by atoms with Crippen LogP contribution >= 0.6 is 0 Å². The molecule has 0 bridgehead atoms. The van der Waals surface area contributed by atoms with Gasteiger partial charge in [-0.25, -0.2) is 0 Å². The average Bonchev–Trinajstić information content (AvgIpc) is 2.45. The Morgan fingerprint density at radius 1 is 1.28 bits per heavy atom. The molecule has 1 aliphatic heterocycles. The van der Waals surface area contributed by atoms with Crippen LogP contribution in [0.1, 0.15) is 50.6 Å². The molecule has 0 amide bonds. The van der Waals surface area contributed by atoms with Gasteiger partial charge in [0.1, 0.15) is 0 Å². The van der Waals surface area contributed by atoms with E-state index in [-0.39, 0.29) is 0 Å². The second-order valence-corrected chi connectivity index (χ2v) is 5.15. The van der Waals surface area contributed by atoms with Crippen molar-refractivity contribution in [2.45, 2.75) is 51.2 Å². The highest BCUT2D eigenvalue weighted by Crippen LogP contribution is 2.19. The highest BCUT2D eigenvalue weighted by Gasteiger charge is 2.16. The van der Waals surface area contributed by atoms with E-state index in [0.29, 0.717) is 12.1 Å². The minimum absolute atomic E-state index is 0.418. The Morgan fingerprint density at radius 2 is 2.11 bits per heavy atom. The van der Waals surface area contributed by atoms with Crippen LogP contribution in [0.3, 0.4) is 0 Å². The third-order valence-corrected chi connectivity index (χ3v) is 3.65. The van der Waals surface area contributed by atoms with Gasteiger partial charge in [-0.1, -0.05) is 43.7 Å². The normalized spacial score (nSPS) is 21.7. The van der Waals surface area contributed by atoms with Gasteiger partial charge in [0.05, 0.1) is 6.10 Å². The predicted molar refractivity (Wildman–Crippen MR) is 75.7 cm³/mol. The Hall–Kier alpha value is -0.860. The lowest BCUT2D eigenvalue weighted by atomic mass is 10.0. The Balaban J connectivity index is 1.86. The van der Waals surface area contributed by atoms with Crippen LogP contribution < -0.4 is 5.32 Å². The molecule has 1 aliphatic rings. The molecule has 0 aromatic heterocycles. The van der Waals surface area contributed by atoms with E-state index in [0.717, 1.165) is 13.2 Å². The summed E-state index contributed by atoms with van der Waals surface area (Å²) in [5.41, 5.74) is 1.40. The molecular weight excluding hydrogens is 222 g/mol. The molecule has 0 aliphatic carbocycles. The minimum Gasteiger partial charge on any atom is -0.377 e. The molecule has 2 nitrogen and oxygen atoms in total. The number of rotatable bonds is 6. The molecule has 2 rings (SSSR count). The molecule has 1 aromatic carbocycles. The summed E-state index contributed by atoms with van der Waals surface area (Å²) in [7, 11) is 0. The molecular formula is C16H25NO. The molecule has 0 spiro atoms. The molecule has 1 N–H and O–H groups in total. The number of ether oxygens (including phenoxy) is 1. The van der Waals surface area contributed by atoms with Crippen LogP contribution in [0.5, 0.6) is 0 Å². The predicted octanol–water partition coefficient (Wildman–Crippen LogP) is 3.69. The van der Waals surface area contributed by atoms with E-state index in [4.69, 9.17) is 4.74 Å². The summed E-state index contributed by atoms with van der Waals surface area (Å²) >= 11 is 0. The maximum Gasteiger partial charge on any atom is 0.0699 e. The van der Waals surface area contributed by atoms with Gasteiger partial charge >= 0.3 is 0 Å². The van der Waals surface area contributed by atoms with Crippen LogP contribution in [0.15, 0.2) is 30.3 Å². The number of hydrogen-bond acceptors (Lipinski definition) is 2. The molecule has 1 aromatic rings. The third kappa shape index (κ3) is 4.11. The molecule has 0 radical (unpaired) electrons. The zero-order valence-corrected chi connectivity index (χ0v) is 11.4. The zero-order valence-electron chi connectivity index (χ0n) is 11.4. The van der Waals surface area contributed by atoms with Crippen molar-refractivity contribution in [1.29, 1.82) is 0 Å². The third-order valence-electron chi connectivity index (χ3n) is 3.65. The number of benzene rings is 1. The molecule has 2 unspecified atom stereocenters. The summed E-state index contributed by atoms with van der Waals surface area (Å²) in [6, 6.07) is 11.2. The Labute approximate surface area is 111 Å². The fourth-order valence-electron chi connectivity index (χ4n) is 2.60. The fraction of sp³-hybridized carbons (Fsp3) is 0.625. The molecule has 2 atom stereocenters. The van der Waals surface area contributed by atoms with E-state index in [2.05, 4.69) is 42.6 Å². The van der Waals surface area contributed by atoms with Crippen LogP contribution in [0.25, 0.3) is 0 Å². The van der Waals surface area contributed by atoms with Gasteiger partial charge in [-0.05, 0) is 31.2 Å². The van der Waals surface area contributed by atoms with Crippen molar-refractivity contribution in [3.8, 4) is 0 Å². The molecule has 18 heavy (non-hydrogen) atoms. The number of hydrogen-bond donors (Lipinski definition) is 1. The second kappa shape index (κ2) is 7.55. The van der Waals surface area contributed by atoms with Gasteiger partial charge in [-0.2, -0.15) is 0 Å². The van der Waals surface area contributed by atoms with Crippen molar-refractivity contribution < 1.29 is 4.74 Å². The highest BCUT2D eigenvalue weighted by molar-refractivity contribution is 5.18. The Bertz CT molecular complexity index is 319. The number of nitrogens with one attached hydrogen (secondary N) is 1. The summed E-state index contributed by atoms with van der Waals surface area (Å²) in [6.07, 6.45) is 6.57. The van der Waals surface area contributed by atoms with Crippen LogP contribution in [0.4, 0.5) is 0 Å². The van der Waals surface area contributed by atoms with Crippen molar-refractivity contribution in [1.82, 2.24) is 5.32 Å². The first kappa shape index (κ1) is 13.6. The van der Waals surface area contributed by atoms with Gasteiger partial charge in [0, 0.05) is 19.2 Å². The standard InChI is InChI=1S/C16H25NO/c1-2-8-16(14-9-4-3-5-10-14)17-13-15-11-6-7-12-18-15/h3-5,9-10,15-17H,2,6-8,11-13H2,1H3. The summed E-state index contributed by atoms with van der Waals surface area (Å²) < 4.78 is 5.78. The van der Waals surface area contributed by atoms with Gasteiger partial charge in [-0.15, -0.1) is 0 Å². The Morgan fingerprint density at radius 3 is 2.78 bits per heavy atom. The van der Waals surface area contributed by atoms with E-state index in [1.54, 1.807) is 0 Å². The van der Waals surface area contributed by atoms with E-state index in [1.807, 2.05) is 0 Å². The fourth-order valence-corrected chi connectivity index (χ4v) is 2.60. The Kier molecular flexibility index (Phi) is 5.69. The lowest BCUT2D eigenvalue weighted by Crippen LogP contribution is -2.34. The van der Waals surface area contributed by atoms with Crippen molar-refractivity contribution in [3.63, 3.8) is 0 Å². The average molecular weight is 247 g/mol. The molecule has 1 heterocycles. The summed E-state index contributed by atoms with van der Waals surface area (Å²) in [6.45, 7) is 4.17. The largest absolute Gasteiger partial charge is 0.377 e. The van der Waals surface area contributed by atoms with E-state index < -0.39 is 0 Å². The van der Waals surface area contributed by atoms with Gasteiger partial charge in [0.25, 0.3) is 0 Å². The molecule has 100 valence electrons. The van der Waals surface area contributed by atoms with E-state index in [1.165, 1.54) is 37.7 Å². The van der Waals surface area contributed by atoms with Crippen molar-refractivity contribution in [2.75, 3.05) is 13.2 Å². The van der Waals surface area contributed by atoms with Gasteiger partial charge < -0.3 is 10.1 Å². The first-order valence-corrected chi connectivity index (χ1v) is 7.30. The van der Waals surface area contributed by atoms with E-state index >= 15 is 0 Å². The molecule has 0 saturated carbocycles. The van der Waals surface area contributed by atoms with Gasteiger partial charge in [0.15, 0.2) is 0 Å². The first-order chi connectivity index (χ1) is 8.90. The quantitative estimate of drug-likeness (QED) is 0.828. The van der Waals surface area contributed by atoms with Crippen molar-refractivity contribution >= 4 is 0 Å². The maximum absolute atomic E-state index is 5.78. The smallest absolute Gasteiger partial charge is 0.0699 e. The van der Waals surface area contributed by atoms with Gasteiger partial charge in [0.2, 0.25) is 0 Å². The SMILES string of the molecule is CCCC(NCC1CCCCO1)c1ccccc1. The molecule has 1 saturated heterocycles. The monoisotopic (exact) mass is 247 g/mol. The van der Waals surface area contributed by atoms with Crippen LogP contribution in [-0.4, -0.2) is 19.3 Å². The van der Waals surface area contributed by atoms with Crippen LogP contribution in [-0.2, 0) is 4.74 Å². The lowest BCUT2D eigenvalue weighted by molar-refractivity contribution is 0.0151. The summed E-state index contributed by atoms with van der Waals surface area (Å²) in [5, 5.41) is 3.68. The van der Waals surface area contributed by atoms with Crippen molar-refractivity contribution in [2.24, 2.45) is 0 Å². The lowest BCUT2D eigenvalue weighted by Gasteiger charge is -2.26. The van der Waals surface area contributed by atoms with Crippen LogP contribution in [0, 0.1) is 0 Å². The maximum atomic E-state index is 5.78. The summed E-state index contributed by atoms with van der Waals surface area (Å²) in [4.78, 5) is 0. The first-order valence-electron chi connectivity index (χ1n) is 7.30. The molecule has 2 heteroatoms. The second-order valence-electron chi connectivity index (χ2n) is 5.15. The van der Waals surface area contributed by atoms with Crippen molar-refractivity contribution in [3.05, 3.63) is 35.9 Å². The minimum atomic E-state index is 0.418.